The predicted molar refractivity (Wildman–Crippen MR) is 210 cm³/mol. The molecule has 0 saturated heterocycles. The summed E-state index contributed by atoms with van der Waals surface area (Å²) in [6.45, 7) is 2.01. The zero-order chi connectivity index (χ0) is 39.1. The number of nitrogens with one attached hydrogen (secondary N) is 3. The first kappa shape index (κ1) is 37.7. The monoisotopic (exact) mass is 762 g/mol. The third-order valence-corrected chi connectivity index (χ3v) is 11.9. The Bertz CT molecular complexity index is 2170. The molecular formula is C44H50N4O8. The van der Waals surface area contributed by atoms with E-state index in [9.17, 15) is 20.1 Å². The molecule has 3 aromatic rings. The zero-order valence-electron chi connectivity index (χ0n) is 32.0. The van der Waals surface area contributed by atoms with Crippen LogP contribution in [-0.2, 0) is 27.8 Å². The fraction of sp³-hybridized carbons (Fsp3) is 0.432. The normalized spacial score (nSPS) is 24.0. The van der Waals surface area contributed by atoms with Crippen LogP contribution in [-0.4, -0.2) is 74.1 Å². The first-order valence-corrected chi connectivity index (χ1v) is 19.4. The number of aliphatic hydroxyl groups is 1. The average molecular weight is 763 g/mol. The van der Waals surface area contributed by atoms with Crippen LogP contribution in [0.4, 0.5) is 0 Å². The number of hydrogen-bond donors (Lipinski definition) is 7. The standard InChI is InChI=1S/C44H50N4O8/c1-24(50)53-22-34-31-8-9-32-40-28(14-29(51)16-38(40)54-23-49)19-44-12-11-25(18-44)13-27-7-10-39(45)48-35(27)6-4-5-26-15-36(52)37(55-30(20-46-2)21-47-3)17-33(26)42(34)56-43(31)41(32)44/h7-10,14-17,25,30,34,39,42,46-49,51-52H,5,11-13,18-23,45H2,1-3H3. The van der Waals surface area contributed by atoms with E-state index in [0.29, 0.717) is 36.9 Å². The number of fused-ring (bicyclic) bond motifs is 6. The van der Waals surface area contributed by atoms with Gasteiger partial charge in [0.1, 0.15) is 36.1 Å². The topological polar surface area (TPSA) is 177 Å². The number of aromatic hydroxyl groups is 2. The summed E-state index contributed by atoms with van der Waals surface area (Å²) >= 11 is 0. The molecule has 5 unspecified atom stereocenters. The van der Waals surface area contributed by atoms with Crippen molar-refractivity contribution in [1.82, 2.24) is 16.0 Å². The van der Waals surface area contributed by atoms with Crippen LogP contribution >= 0.6 is 0 Å². The summed E-state index contributed by atoms with van der Waals surface area (Å²) in [5.41, 5.74) is 14.1. The van der Waals surface area contributed by atoms with Crippen molar-refractivity contribution >= 4 is 5.97 Å². The molecule has 0 radical (unpaired) electrons. The summed E-state index contributed by atoms with van der Waals surface area (Å²) < 4.78 is 25.3. The lowest BCUT2D eigenvalue weighted by molar-refractivity contribution is -0.141. The maximum absolute atomic E-state index is 12.4. The second-order valence-electron chi connectivity index (χ2n) is 15.7. The van der Waals surface area contributed by atoms with E-state index in [1.165, 1.54) is 6.92 Å². The Balaban J connectivity index is 1.36. The number of carbonyl (C=O) groups is 1. The summed E-state index contributed by atoms with van der Waals surface area (Å²) in [5.74, 6) is 7.79. The van der Waals surface area contributed by atoms with Crippen LogP contribution < -0.4 is 35.9 Å². The fourth-order valence-corrected chi connectivity index (χ4v) is 9.69. The minimum Gasteiger partial charge on any atom is -0.508 e. The van der Waals surface area contributed by atoms with Gasteiger partial charge in [0, 0.05) is 60.2 Å². The quantitative estimate of drug-likeness (QED) is 0.0888. The molecule has 1 saturated carbocycles. The van der Waals surface area contributed by atoms with E-state index in [1.54, 1.807) is 12.1 Å². The number of allylic oxidation sites excluding steroid dienone is 3. The van der Waals surface area contributed by atoms with E-state index in [4.69, 9.17) is 24.7 Å². The summed E-state index contributed by atoms with van der Waals surface area (Å²) in [7, 11) is 3.70. The highest BCUT2D eigenvalue weighted by Gasteiger charge is 2.51. The summed E-state index contributed by atoms with van der Waals surface area (Å²) in [6, 6.07) is 11.0. The Morgan fingerprint density at radius 2 is 1.93 bits per heavy atom. The molecule has 2 aliphatic carbocycles. The van der Waals surface area contributed by atoms with Gasteiger partial charge in [0.25, 0.3) is 0 Å². The number of rotatable bonds is 10. The van der Waals surface area contributed by atoms with Gasteiger partial charge in [-0.05, 0) is 105 Å². The largest absolute Gasteiger partial charge is 0.508 e. The molecule has 0 aromatic heterocycles. The number of carbonyl (C=O) groups excluding carboxylic acids is 1. The van der Waals surface area contributed by atoms with Gasteiger partial charge in [0.15, 0.2) is 18.3 Å². The van der Waals surface area contributed by atoms with E-state index in [2.05, 4.69) is 39.9 Å². The number of ether oxygens (including phenoxy) is 4. The Hall–Kier alpha value is -5.19. The summed E-state index contributed by atoms with van der Waals surface area (Å²) in [6.07, 6.45) is 7.19. The number of benzene rings is 3. The van der Waals surface area contributed by atoms with E-state index >= 15 is 0 Å². The van der Waals surface area contributed by atoms with Crippen LogP contribution in [0.25, 0.3) is 11.1 Å². The minimum absolute atomic E-state index is 0.0155. The summed E-state index contributed by atoms with van der Waals surface area (Å²) in [4.78, 5) is 12.4. The second kappa shape index (κ2) is 15.4. The molecule has 12 heteroatoms. The zero-order valence-corrected chi connectivity index (χ0v) is 32.0. The van der Waals surface area contributed by atoms with Crippen LogP contribution in [0.2, 0.25) is 0 Å². The lowest BCUT2D eigenvalue weighted by Crippen LogP contribution is -2.37. The van der Waals surface area contributed by atoms with Crippen LogP contribution in [0.1, 0.15) is 72.4 Å². The molecule has 3 heterocycles. The third kappa shape index (κ3) is 6.94. The van der Waals surface area contributed by atoms with Crippen molar-refractivity contribution < 1.29 is 39.1 Å². The minimum atomic E-state index is -0.629. The predicted octanol–water partition coefficient (Wildman–Crippen LogP) is 4.30. The highest BCUT2D eigenvalue weighted by atomic mass is 16.6. The Morgan fingerprint density at radius 3 is 2.70 bits per heavy atom. The van der Waals surface area contributed by atoms with Crippen LogP contribution in [0.5, 0.6) is 28.7 Å². The molecule has 56 heavy (non-hydrogen) atoms. The lowest BCUT2D eigenvalue weighted by Gasteiger charge is -2.39. The van der Waals surface area contributed by atoms with E-state index < -0.39 is 24.8 Å². The van der Waals surface area contributed by atoms with Crippen molar-refractivity contribution in [2.24, 2.45) is 11.7 Å². The molecule has 294 valence electrons. The maximum atomic E-state index is 12.4. The van der Waals surface area contributed by atoms with Gasteiger partial charge in [-0.1, -0.05) is 24.1 Å². The molecule has 5 atom stereocenters. The molecule has 8 N–H and O–H groups in total. The number of aliphatic hydroxyl groups excluding tert-OH is 1. The van der Waals surface area contributed by atoms with Crippen molar-refractivity contribution in [3.63, 3.8) is 0 Å². The third-order valence-electron chi connectivity index (χ3n) is 11.9. The molecule has 1 spiro atoms. The van der Waals surface area contributed by atoms with E-state index in [-0.39, 0.29) is 42.2 Å². The number of phenolic OH excluding ortho intramolecular Hbond substituents is 2. The molecule has 5 aliphatic rings. The highest BCUT2D eigenvalue weighted by Crippen LogP contribution is 2.62. The van der Waals surface area contributed by atoms with Crippen molar-refractivity contribution in [2.45, 2.75) is 75.2 Å². The van der Waals surface area contributed by atoms with Gasteiger partial charge in [-0.15, -0.1) is 0 Å². The van der Waals surface area contributed by atoms with E-state index in [1.807, 2.05) is 38.4 Å². The van der Waals surface area contributed by atoms with Gasteiger partial charge >= 0.3 is 5.97 Å². The number of phenols is 2. The molecule has 1 fully saturated rings. The number of likely N-dealkylation sites (N-methyl/N-ethyl adjacent to an activating group) is 2. The molecule has 3 aliphatic heterocycles. The molecular weight excluding hydrogens is 713 g/mol. The van der Waals surface area contributed by atoms with Crippen LogP contribution in [0, 0.1) is 17.8 Å². The Labute approximate surface area is 327 Å². The van der Waals surface area contributed by atoms with Gasteiger partial charge in [-0.2, -0.15) is 0 Å². The fourth-order valence-electron chi connectivity index (χ4n) is 9.69. The molecule has 12 nitrogen and oxygen atoms in total. The molecule has 0 amide bonds. The van der Waals surface area contributed by atoms with E-state index in [0.717, 1.165) is 81.6 Å². The molecule has 3 aromatic carbocycles. The van der Waals surface area contributed by atoms with Gasteiger partial charge < -0.3 is 56.0 Å². The first-order valence-electron chi connectivity index (χ1n) is 19.4. The average Bonchev–Trinajstić information content (AvgIpc) is 3.73. The summed E-state index contributed by atoms with van der Waals surface area (Å²) in [5, 5.41) is 42.0. The van der Waals surface area contributed by atoms with Crippen molar-refractivity contribution in [2.75, 3.05) is 40.6 Å². The van der Waals surface area contributed by atoms with Gasteiger partial charge in [0.05, 0.1) is 17.8 Å². The SMILES string of the molecule is CNCC(CNC)Oc1cc2c(cc1O)CC#CC1=C(C=CC(N)N1)CC1CCC3(Cc4cc(O)cc(OCO)c4-c4ccc5c(c43)OC2C5COC(C)=O)C1. The molecule has 4 bridgehead atoms. The van der Waals surface area contributed by atoms with Crippen molar-refractivity contribution in [1.29, 1.82) is 0 Å². The van der Waals surface area contributed by atoms with Crippen molar-refractivity contribution in [3.8, 4) is 51.7 Å². The van der Waals surface area contributed by atoms with Gasteiger partial charge in [-0.25, -0.2) is 0 Å². The Kier molecular flexibility index (Phi) is 10.4. The molecule has 8 rings (SSSR count). The second-order valence-corrected chi connectivity index (χ2v) is 15.7. The smallest absolute Gasteiger partial charge is 0.302 e. The maximum Gasteiger partial charge on any atom is 0.302 e. The number of esters is 1. The number of hydrogen-bond acceptors (Lipinski definition) is 12. The first-order chi connectivity index (χ1) is 27.1. The highest BCUT2D eigenvalue weighted by molar-refractivity contribution is 5.84. The van der Waals surface area contributed by atoms with Crippen LogP contribution in [0.3, 0.4) is 0 Å². The Morgan fingerprint density at radius 1 is 1.11 bits per heavy atom. The van der Waals surface area contributed by atoms with Gasteiger partial charge in [-0.3, -0.25) is 4.79 Å². The lowest BCUT2D eigenvalue weighted by atomic mass is 9.65. The van der Waals surface area contributed by atoms with Gasteiger partial charge in [0.2, 0.25) is 0 Å². The van der Waals surface area contributed by atoms with Crippen LogP contribution in [0.15, 0.2) is 59.8 Å². The van der Waals surface area contributed by atoms with Crippen molar-refractivity contribution in [3.05, 3.63) is 87.6 Å². The number of dihydropyridines is 1. The number of nitrogens with two attached hydrogens (primary N) is 1.